The van der Waals surface area contributed by atoms with E-state index in [1.165, 1.54) is 11.3 Å². The molecule has 0 saturated carbocycles. The lowest BCUT2D eigenvalue weighted by Gasteiger charge is -2.24. The third-order valence-corrected chi connectivity index (χ3v) is 4.51. The van der Waals surface area contributed by atoms with Gasteiger partial charge in [0.25, 0.3) is 0 Å². The molecular weight excluding hydrogens is 290 g/mol. The van der Waals surface area contributed by atoms with Gasteiger partial charge >= 0.3 is 11.9 Å². The van der Waals surface area contributed by atoms with Crippen LogP contribution in [0.1, 0.15) is 25.3 Å². The lowest BCUT2D eigenvalue weighted by Crippen LogP contribution is -2.42. The van der Waals surface area contributed by atoms with Crippen LogP contribution in [0.2, 0.25) is 0 Å². The highest BCUT2D eigenvalue weighted by molar-refractivity contribution is 7.18. The summed E-state index contributed by atoms with van der Waals surface area (Å²) in [5, 5.41) is 10.2. The van der Waals surface area contributed by atoms with Crippen molar-refractivity contribution in [3.63, 3.8) is 0 Å². The Morgan fingerprint density at radius 2 is 2.05 bits per heavy atom. The average Bonchev–Trinajstić information content (AvgIpc) is 2.86. The van der Waals surface area contributed by atoms with Crippen molar-refractivity contribution >= 4 is 33.5 Å². The number of benzene rings is 1. The van der Waals surface area contributed by atoms with Crippen LogP contribution in [0, 0.1) is 5.41 Å². The van der Waals surface area contributed by atoms with Gasteiger partial charge in [-0.15, -0.1) is 11.3 Å². The number of hydrogen-bond acceptors (Lipinski definition) is 5. The minimum atomic E-state index is -1.57. The molecule has 0 bridgehead atoms. The quantitative estimate of drug-likeness (QED) is 0.656. The number of esters is 1. The minimum absolute atomic E-state index is 0.0526. The molecule has 0 radical (unpaired) electrons. The summed E-state index contributed by atoms with van der Waals surface area (Å²) in [5.41, 5.74) is -0.749. The molecule has 1 atom stereocenters. The highest BCUT2D eigenvalue weighted by Crippen LogP contribution is 2.33. The molecule has 21 heavy (non-hydrogen) atoms. The van der Waals surface area contributed by atoms with Gasteiger partial charge in [-0.3, -0.25) is 9.59 Å². The maximum absolute atomic E-state index is 12.1. The number of fused-ring (bicyclic) bond motifs is 1. The second-order valence-electron chi connectivity index (χ2n) is 4.71. The first-order valence-electron chi connectivity index (χ1n) is 6.78. The molecule has 5 nitrogen and oxygen atoms in total. The molecule has 112 valence electrons. The summed E-state index contributed by atoms with van der Waals surface area (Å²) in [7, 11) is 0. The fourth-order valence-corrected chi connectivity index (χ4v) is 3.26. The van der Waals surface area contributed by atoms with Gasteiger partial charge in [0.15, 0.2) is 5.41 Å². The number of carboxylic acids is 1. The van der Waals surface area contributed by atoms with Crippen molar-refractivity contribution in [2.75, 3.05) is 6.61 Å². The van der Waals surface area contributed by atoms with E-state index in [1.54, 1.807) is 13.8 Å². The summed E-state index contributed by atoms with van der Waals surface area (Å²) in [6.07, 6.45) is 0.216. The predicted octanol–water partition coefficient (Wildman–Crippen LogP) is 2.88. The number of nitrogens with zero attached hydrogens (tertiary/aromatic N) is 1. The Hall–Kier alpha value is -1.95. The molecule has 6 heteroatoms. The van der Waals surface area contributed by atoms with Gasteiger partial charge in [-0.25, -0.2) is 4.98 Å². The Morgan fingerprint density at radius 3 is 2.62 bits per heavy atom. The third-order valence-electron chi connectivity index (χ3n) is 3.47. The number of carbonyl (C=O) groups excluding carboxylic acids is 1. The zero-order chi connectivity index (χ0) is 15.5. The second-order valence-corrected chi connectivity index (χ2v) is 5.83. The summed E-state index contributed by atoms with van der Waals surface area (Å²) >= 11 is 1.41. The van der Waals surface area contributed by atoms with Gasteiger partial charge in [-0.2, -0.15) is 0 Å². The number of aliphatic carboxylic acids is 1. The minimum Gasteiger partial charge on any atom is -0.480 e. The Balaban J connectivity index is 2.38. The highest BCUT2D eigenvalue weighted by atomic mass is 32.1. The Labute approximate surface area is 126 Å². The van der Waals surface area contributed by atoms with E-state index in [2.05, 4.69) is 4.98 Å². The van der Waals surface area contributed by atoms with Crippen molar-refractivity contribution in [3.05, 3.63) is 29.3 Å². The third kappa shape index (κ3) is 2.90. The van der Waals surface area contributed by atoms with Gasteiger partial charge in [-0.05, 0) is 25.5 Å². The van der Waals surface area contributed by atoms with Crippen LogP contribution in [-0.2, 0) is 20.7 Å². The largest absolute Gasteiger partial charge is 0.480 e. The zero-order valence-corrected chi connectivity index (χ0v) is 12.8. The first-order chi connectivity index (χ1) is 10.0. The number of ether oxygens (including phenoxy) is 1. The topological polar surface area (TPSA) is 76.5 Å². The first kappa shape index (κ1) is 15.4. The van der Waals surface area contributed by atoms with Gasteiger partial charge in [0.05, 0.1) is 21.8 Å². The van der Waals surface area contributed by atoms with Crippen LogP contribution in [0.25, 0.3) is 10.2 Å². The van der Waals surface area contributed by atoms with Crippen LogP contribution in [0.15, 0.2) is 24.3 Å². The van der Waals surface area contributed by atoms with E-state index in [0.717, 1.165) is 10.2 Å². The van der Waals surface area contributed by atoms with E-state index in [-0.39, 0.29) is 19.4 Å². The van der Waals surface area contributed by atoms with Crippen LogP contribution in [0.5, 0.6) is 0 Å². The van der Waals surface area contributed by atoms with E-state index in [1.807, 2.05) is 24.3 Å². The smallest absolute Gasteiger partial charge is 0.323 e. The average molecular weight is 307 g/mol. The lowest BCUT2D eigenvalue weighted by molar-refractivity contribution is -0.168. The van der Waals surface area contributed by atoms with Crippen molar-refractivity contribution in [2.45, 2.75) is 26.7 Å². The predicted molar refractivity (Wildman–Crippen MR) is 80.3 cm³/mol. The van der Waals surface area contributed by atoms with E-state index in [9.17, 15) is 14.7 Å². The molecule has 1 unspecified atom stereocenters. The van der Waals surface area contributed by atoms with Crippen LogP contribution in [-0.4, -0.2) is 28.6 Å². The summed E-state index contributed by atoms with van der Waals surface area (Å²) in [6, 6.07) is 7.57. The Kier molecular flexibility index (Phi) is 4.57. The van der Waals surface area contributed by atoms with E-state index >= 15 is 0 Å². The molecule has 1 aromatic heterocycles. The van der Waals surface area contributed by atoms with Crippen LogP contribution < -0.4 is 0 Å². The molecule has 2 rings (SSSR count). The highest BCUT2D eigenvalue weighted by Gasteiger charge is 2.47. The number of aromatic nitrogens is 1. The normalized spacial score (nSPS) is 13.8. The summed E-state index contributed by atoms with van der Waals surface area (Å²) in [5.74, 6) is -1.86. The molecule has 0 aliphatic heterocycles. The summed E-state index contributed by atoms with van der Waals surface area (Å²) in [6.45, 7) is 3.50. The van der Waals surface area contributed by atoms with Crippen LogP contribution >= 0.6 is 11.3 Å². The monoisotopic (exact) mass is 307 g/mol. The van der Waals surface area contributed by atoms with Crippen LogP contribution in [0.4, 0.5) is 0 Å². The number of hydrogen-bond donors (Lipinski definition) is 1. The molecule has 2 aromatic rings. The molecule has 1 N–H and O–H groups in total. The van der Waals surface area contributed by atoms with Crippen molar-refractivity contribution in [2.24, 2.45) is 5.41 Å². The second kappa shape index (κ2) is 6.22. The maximum Gasteiger partial charge on any atom is 0.323 e. The van der Waals surface area contributed by atoms with Crippen molar-refractivity contribution in [3.8, 4) is 0 Å². The lowest BCUT2D eigenvalue weighted by atomic mass is 9.82. The van der Waals surface area contributed by atoms with Crippen molar-refractivity contribution in [1.82, 2.24) is 4.98 Å². The molecule has 0 aliphatic carbocycles. The van der Waals surface area contributed by atoms with Gasteiger partial charge in [0, 0.05) is 6.42 Å². The number of carbonyl (C=O) groups is 2. The number of rotatable bonds is 6. The molecular formula is C15H17NO4S. The molecule has 0 spiro atoms. The first-order valence-corrected chi connectivity index (χ1v) is 7.60. The molecule has 1 heterocycles. The Bertz CT molecular complexity index is 633. The van der Waals surface area contributed by atoms with Crippen molar-refractivity contribution in [1.29, 1.82) is 0 Å². The zero-order valence-electron chi connectivity index (χ0n) is 12.0. The fourth-order valence-electron chi connectivity index (χ4n) is 2.18. The molecule has 1 aromatic carbocycles. The molecule has 0 fully saturated rings. The molecule has 0 amide bonds. The van der Waals surface area contributed by atoms with E-state index < -0.39 is 17.4 Å². The van der Waals surface area contributed by atoms with E-state index in [0.29, 0.717) is 5.01 Å². The van der Waals surface area contributed by atoms with Gasteiger partial charge in [0.1, 0.15) is 0 Å². The van der Waals surface area contributed by atoms with Gasteiger partial charge in [-0.1, -0.05) is 19.1 Å². The Morgan fingerprint density at radius 1 is 1.33 bits per heavy atom. The molecule has 0 saturated heterocycles. The maximum atomic E-state index is 12.1. The summed E-state index contributed by atoms with van der Waals surface area (Å²) in [4.78, 5) is 28.2. The number of thiazole rings is 1. The van der Waals surface area contributed by atoms with Gasteiger partial charge in [0.2, 0.25) is 0 Å². The standard InChI is InChI=1S/C15H17NO4S/c1-3-15(13(17)18,14(19)20-4-2)9-12-16-10-7-5-6-8-11(10)21-12/h5-8H,3-4,9H2,1-2H3,(H,17,18). The number of carboxylic acid groups (broad SMARTS) is 1. The van der Waals surface area contributed by atoms with Crippen LogP contribution in [0.3, 0.4) is 0 Å². The van der Waals surface area contributed by atoms with Gasteiger partial charge < -0.3 is 9.84 Å². The fraction of sp³-hybridized carbons (Fsp3) is 0.400. The SMILES string of the molecule is CCOC(=O)C(CC)(Cc1nc2ccccc2s1)C(=O)O. The number of para-hydroxylation sites is 1. The van der Waals surface area contributed by atoms with E-state index in [4.69, 9.17) is 4.74 Å². The molecule has 0 aliphatic rings. The summed E-state index contributed by atoms with van der Waals surface area (Å²) < 4.78 is 5.94. The van der Waals surface area contributed by atoms with Crippen molar-refractivity contribution < 1.29 is 19.4 Å².